The molecule has 0 aliphatic carbocycles. The van der Waals surface area contributed by atoms with E-state index in [1.165, 1.54) is 5.56 Å². The van der Waals surface area contributed by atoms with E-state index in [9.17, 15) is 8.42 Å². The molecular formula is C14H21NO2S. The van der Waals surface area contributed by atoms with E-state index in [0.29, 0.717) is 12.2 Å². The number of hydrogen-bond acceptors (Lipinski definition) is 3. The lowest BCUT2D eigenvalue weighted by molar-refractivity contribution is 0.483. The lowest BCUT2D eigenvalue weighted by Crippen LogP contribution is -2.31. The molecule has 1 heterocycles. The third-order valence-corrected chi connectivity index (χ3v) is 5.27. The zero-order valence-corrected chi connectivity index (χ0v) is 12.0. The van der Waals surface area contributed by atoms with Gasteiger partial charge in [-0.25, -0.2) is 8.42 Å². The van der Waals surface area contributed by atoms with E-state index >= 15 is 0 Å². The molecule has 0 aromatic heterocycles. The SMILES string of the molecule is Cc1ccc(C2CS(=O)(=O)CCC(C)N2)c(C)c1. The van der Waals surface area contributed by atoms with E-state index in [0.717, 1.165) is 11.1 Å². The van der Waals surface area contributed by atoms with Crippen LogP contribution in [0.4, 0.5) is 0 Å². The summed E-state index contributed by atoms with van der Waals surface area (Å²) < 4.78 is 23.9. The Morgan fingerprint density at radius 1 is 1.28 bits per heavy atom. The maximum atomic E-state index is 11.9. The van der Waals surface area contributed by atoms with Gasteiger partial charge >= 0.3 is 0 Å². The monoisotopic (exact) mass is 267 g/mol. The highest BCUT2D eigenvalue weighted by atomic mass is 32.2. The Labute approximate surface area is 110 Å². The molecule has 2 atom stereocenters. The molecule has 1 aromatic carbocycles. The summed E-state index contributed by atoms with van der Waals surface area (Å²) in [5.41, 5.74) is 3.48. The second kappa shape index (κ2) is 5.02. The van der Waals surface area contributed by atoms with E-state index in [1.807, 2.05) is 13.0 Å². The average molecular weight is 267 g/mol. The van der Waals surface area contributed by atoms with Crippen LogP contribution in [0.15, 0.2) is 18.2 Å². The van der Waals surface area contributed by atoms with Crippen molar-refractivity contribution >= 4 is 9.84 Å². The van der Waals surface area contributed by atoms with Gasteiger partial charge in [-0.15, -0.1) is 0 Å². The van der Waals surface area contributed by atoms with E-state index in [-0.39, 0.29) is 17.8 Å². The highest BCUT2D eigenvalue weighted by molar-refractivity contribution is 7.91. The van der Waals surface area contributed by atoms with Crippen LogP contribution in [0.5, 0.6) is 0 Å². The van der Waals surface area contributed by atoms with Crippen LogP contribution < -0.4 is 5.32 Å². The van der Waals surface area contributed by atoms with Crippen LogP contribution in [0, 0.1) is 13.8 Å². The zero-order valence-electron chi connectivity index (χ0n) is 11.2. The van der Waals surface area contributed by atoms with Crippen molar-refractivity contribution in [3.8, 4) is 0 Å². The van der Waals surface area contributed by atoms with Gasteiger partial charge in [-0.2, -0.15) is 0 Å². The third-order valence-electron chi connectivity index (χ3n) is 3.57. The van der Waals surface area contributed by atoms with Gasteiger partial charge in [0.05, 0.1) is 11.5 Å². The Balaban J connectivity index is 2.35. The van der Waals surface area contributed by atoms with Crippen molar-refractivity contribution in [1.82, 2.24) is 5.32 Å². The number of sulfone groups is 1. The van der Waals surface area contributed by atoms with E-state index in [2.05, 4.69) is 31.3 Å². The molecule has 1 saturated heterocycles. The minimum Gasteiger partial charge on any atom is -0.307 e. The van der Waals surface area contributed by atoms with Gasteiger partial charge in [-0.1, -0.05) is 23.8 Å². The predicted molar refractivity (Wildman–Crippen MR) is 74.5 cm³/mol. The first kappa shape index (κ1) is 13.6. The first-order chi connectivity index (χ1) is 8.37. The molecule has 100 valence electrons. The number of nitrogens with one attached hydrogen (secondary N) is 1. The Morgan fingerprint density at radius 2 is 2.00 bits per heavy atom. The molecule has 2 rings (SSSR count). The molecule has 2 unspecified atom stereocenters. The van der Waals surface area contributed by atoms with Gasteiger partial charge in [-0.3, -0.25) is 0 Å². The molecular weight excluding hydrogens is 246 g/mol. The molecule has 1 aromatic rings. The molecule has 1 N–H and O–H groups in total. The summed E-state index contributed by atoms with van der Waals surface area (Å²) in [5, 5.41) is 3.43. The Hall–Kier alpha value is -0.870. The minimum atomic E-state index is -2.94. The van der Waals surface area contributed by atoms with Crippen molar-refractivity contribution in [3.63, 3.8) is 0 Å². The van der Waals surface area contributed by atoms with Gasteiger partial charge in [0.1, 0.15) is 0 Å². The summed E-state index contributed by atoms with van der Waals surface area (Å²) in [6.07, 6.45) is 0.698. The smallest absolute Gasteiger partial charge is 0.152 e. The minimum absolute atomic E-state index is 0.0758. The summed E-state index contributed by atoms with van der Waals surface area (Å²) in [7, 11) is -2.94. The fourth-order valence-corrected chi connectivity index (χ4v) is 4.23. The molecule has 0 amide bonds. The number of rotatable bonds is 1. The second-order valence-corrected chi connectivity index (χ2v) is 7.61. The summed E-state index contributed by atoms with van der Waals surface area (Å²) >= 11 is 0. The topological polar surface area (TPSA) is 46.2 Å². The lowest BCUT2D eigenvalue weighted by atomic mass is 9.99. The van der Waals surface area contributed by atoms with Crippen molar-refractivity contribution in [2.24, 2.45) is 0 Å². The first-order valence-electron chi connectivity index (χ1n) is 6.41. The lowest BCUT2D eigenvalue weighted by Gasteiger charge is -2.21. The molecule has 4 heteroatoms. The van der Waals surface area contributed by atoms with E-state index in [4.69, 9.17) is 0 Å². The third kappa shape index (κ3) is 3.12. The second-order valence-electron chi connectivity index (χ2n) is 5.38. The summed E-state index contributed by atoms with van der Waals surface area (Å²) in [5.74, 6) is 0.504. The van der Waals surface area contributed by atoms with Gasteiger partial charge < -0.3 is 5.32 Å². The molecule has 1 aliphatic heterocycles. The highest BCUT2D eigenvalue weighted by Crippen LogP contribution is 2.24. The first-order valence-corrected chi connectivity index (χ1v) is 8.23. The van der Waals surface area contributed by atoms with Gasteiger partial charge in [0.2, 0.25) is 0 Å². The maximum absolute atomic E-state index is 11.9. The summed E-state index contributed by atoms with van der Waals surface area (Å²) in [6.45, 7) is 6.15. The number of benzene rings is 1. The standard InChI is InChI=1S/C14H21NO2S/c1-10-4-5-13(11(2)8-10)14-9-18(16,17)7-6-12(3)15-14/h4-5,8,12,14-15H,6-7,9H2,1-3H3. The zero-order chi connectivity index (χ0) is 13.3. The normalized spacial score (nSPS) is 27.7. The van der Waals surface area contributed by atoms with Crippen molar-refractivity contribution in [1.29, 1.82) is 0 Å². The maximum Gasteiger partial charge on any atom is 0.152 e. The Bertz CT molecular complexity index is 537. The van der Waals surface area contributed by atoms with Crippen LogP contribution in [0.1, 0.15) is 36.1 Å². The van der Waals surface area contributed by atoms with Crippen LogP contribution in [0.3, 0.4) is 0 Å². The molecule has 0 saturated carbocycles. The van der Waals surface area contributed by atoms with Crippen LogP contribution in [0.25, 0.3) is 0 Å². The number of hydrogen-bond donors (Lipinski definition) is 1. The van der Waals surface area contributed by atoms with Gasteiger partial charge in [0.25, 0.3) is 0 Å². The molecule has 1 aliphatic rings. The fraction of sp³-hybridized carbons (Fsp3) is 0.571. The quantitative estimate of drug-likeness (QED) is 0.848. The van der Waals surface area contributed by atoms with Crippen molar-refractivity contribution in [3.05, 3.63) is 34.9 Å². The molecule has 3 nitrogen and oxygen atoms in total. The summed E-state index contributed by atoms with van der Waals surface area (Å²) in [6, 6.07) is 6.38. The highest BCUT2D eigenvalue weighted by Gasteiger charge is 2.27. The van der Waals surface area contributed by atoms with Crippen LogP contribution in [-0.2, 0) is 9.84 Å². The van der Waals surface area contributed by atoms with Gasteiger partial charge in [0.15, 0.2) is 9.84 Å². The van der Waals surface area contributed by atoms with Crippen LogP contribution >= 0.6 is 0 Å². The van der Waals surface area contributed by atoms with E-state index in [1.54, 1.807) is 0 Å². The molecule has 18 heavy (non-hydrogen) atoms. The number of aryl methyl sites for hydroxylation is 2. The Morgan fingerprint density at radius 3 is 2.67 bits per heavy atom. The summed E-state index contributed by atoms with van der Waals surface area (Å²) in [4.78, 5) is 0. The van der Waals surface area contributed by atoms with Crippen LogP contribution in [0.2, 0.25) is 0 Å². The van der Waals surface area contributed by atoms with E-state index < -0.39 is 9.84 Å². The molecule has 0 spiro atoms. The van der Waals surface area contributed by atoms with Crippen molar-refractivity contribution in [2.45, 2.75) is 39.3 Å². The van der Waals surface area contributed by atoms with Gasteiger partial charge in [-0.05, 0) is 38.3 Å². The fourth-order valence-electron chi connectivity index (χ4n) is 2.56. The molecule has 1 fully saturated rings. The van der Waals surface area contributed by atoms with Gasteiger partial charge in [0, 0.05) is 12.1 Å². The molecule has 0 radical (unpaired) electrons. The predicted octanol–water partition coefficient (Wildman–Crippen LogP) is 2.14. The molecule has 0 bridgehead atoms. The van der Waals surface area contributed by atoms with Crippen molar-refractivity contribution in [2.75, 3.05) is 11.5 Å². The van der Waals surface area contributed by atoms with Crippen molar-refractivity contribution < 1.29 is 8.42 Å². The Kier molecular flexibility index (Phi) is 3.78. The average Bonchev–Trinajstić information content (AvgIpc) is 2.37. The van der Waals surface area contributed by atoms with Crippen LogP contribution in [-0.4, -0.2) is 26.0 Å². The largest absolute Gasteiger partial charge is 0.307 e.